The summed E-state index contributed by atoms with van der Waals surface area (Å²) >= 11 is 1.51. The van der Waals surface area contributed by atoms with E-state index >= 15 is 0 Å². The van der Waals surface area contributed by atoms with Crippen LogP contribution in [0, 0.1) is 12.8 Å². The number of hydrogen-bond acceptors (Lipinski definition) is 5. The van der Waals surface area contributed by atoms with Gasteiger partial charge in [0.25, 0.3) is 0 Å². The fourth-order valence-electron chi connectivity index (χ4n) is 3.16. The van der Waals surface area contributed by atoms with Crippen LogP contribution in [0.2, 0.25) is 0 Å². The number of benzene rings is 2. The summed E-state index contributed by atoms with van der Waals surface area (Å²) in [5, 5.41) is 8.64. The Labute approximate surface area is 185 Å². The molecule has 31 heavy (non-hydrogen) atoms. The lowest BCUT2D eigenvalue weighted by Gasteiger charge is -2.11. The van der Waals surface area contributed by atoms with Crippen molar-refractivity contribution in [3.05, 3.63) is 59.1 Å². The summed E-state index contributed by atoms with van der Waals surface area (Å²) < 4.78 is 5.47. The molecule has 4 rings (SSSR count). The quantitative estimate of drug-likeness (QED) is 0.519. The van der Waals surface area contributed by atoms with E-state index in [4.69, 9.17) is 4.74 Å². The number of aryl methyl sites for hydroxylation is 1. The summed E-state index contributed by atoms with van der Waals surface area (Å²) in [6.07, 6.45) is 2.09. The van der Waals surface area contributed by atoms with Crippen LogP contribution in [0.3, 0.4) is 0 Å². The molecule has 160 valence electrons. The number of ether oxygens (including phenoxy) is 1. The van der Waals surface area contributed by atoms with E-state index in [-0.39, 0.29) is 24.2 Å². The topological polar surface area (TPSA) is 80.3 Å². The van der Waals surface area contributed by atoms with Gasteiger partial charge in [-0.05, 0) is 68.7 Å². The van der Waals surface area contributed by atoms with Crippen molar-refractivity contribution in [2.75, 3.05) is 17.2 Å². The third kappa shape index (κ3) is 5.49. The van der Waals surface area contributed by atoms with Gasteiger partial charge in [-0.25, -0.2) is 4.98 Å². The summed E-state index contributed by atoms with van der Waals surface area (Å²) in [5.41, 5.74) is 4.05. The molecule has 6 nitrogen and oxygen atoms in total. The van der Waals surface area contributed by atoms with Crippen LogP contribution in [0.1, 0.15) is 31.0 Å². The predicted molar refractivity (Wildman–Crippen MR) is 124 cm³/mol. The maximum Gasteiger partial charge on any atom is 0.230 e. The van der Waals surface area contributed by atoms with Gasteiger partial charge < -0.3 is 15.4 Å². The van der Waals surface area contributed by atoms with Gasteiger partial charge in [0.05, 0.1) is 18.7 Å². The standard InChI is InChI=1S/C24H25N3O3S/c1-3-30-20-10-7-17(8-11-20)24-26-19(14-31-24)13-22(28)27-21-12-18(9-4-15(21)2)25-23(29)16-5-6-16/h4,7-12,14,16H,3,5-6,13H2,1-2H3,(H,25,29)(H,27,28). The molecule has 0 aliphatic heterocycles. The van der Waals surface area contributed by atoms with Crippen LogP contribution in [0.15, 0.2) is 47.8 Å². The highest BCUT2D eigenvalue weighted by atomic mass is 32.1. The molecule has 2 amide bonds. The second-order valence-electron chi connectivity index (χ2n) is 7.62. The van der Waals surface area contributed by atoms with Crippen LogP contribution in [0.25, 0.3) is 10.6 Å². The van der Waals surface area contributed by atoms with Gasteiger partial charge >= 0.3 is 0 Å². The molecule has 0 bridgehead atoms. The van der Waals surface area contributed by atoms with Gasteiger partial charge in [0, 0.05) is 28.2 Å². The molecule has 1 aliphatic rings. The van der Waals surface area contributed by atoms with Gasteiger partial charge in [-0.2, -0.15) is 0 Å². The average Bonchev–Trinajstić information content (AvgIpc) is 3.51. The van der Waals surface area contributed by atoms with Crippen molar-refractivity contribution in [3.8, 4) is 16.3 Å². The van der Waals surface area contributed by atoms with Crippen molar-refractivity contribution in [2.24, 2.45) is 5.92 Å². The van der Waals surface area contributed by atoms with Crippen molar-refractivity contribution in [1.29, 1.82) is 0 Å². The minimum absolute atomic E-state index is 0.0467. The van der Waals surface area contributed by atoms with Crippen molar-refractivity contribution in [3.63, 3.8) is 0 Å². The minimum Gasteiger partial charge on any atom is -0.494 e. The second-order valence-corrected chi connectivity index (χ2v) is 8.48. The Morgan fingerprint density at radius 2 is 1.90 bits per heavy atom. The molecule has 7 heteroatoms. The highest BCUT2D eigenvalue weighted by Gasteiger charge is 2.29. The fraction of sp³-hybridized carbons (Fsp3) is 0.292. The monoisotopic (exact) mass is 435 g/mol. The number of rotatable bonds is 8. The van der Waals surface area contributed by atoms with Crippen LogP contribution in [-0.4, -0.2) is 23.4 Å². The molecule has 0 saturated heterocycles. The van der Waals surface area contributed by atoms with Crippen molar-refractivity contribution in [1.82, 2.24) is 4.98 Å². The Balaban J connectivity index is 1.38. The lowest BCUT2D eigenvalue weighted by molar-refractivity contribution is -0.117. The summed E-state index contributed by atoms with van der Waals surface area (Å²) in [4.78, 5) is 29.2. The molecule has 1 aliphatic carbocycles. The normalized spacial score (nSPS) is 13.0. The number of anilines is 2. The van der Waals surface area contributed by atoms with Crippen molar-refractivity contribution < 1.29 is 14.3 Å². The maximum atomic E-state index is 12.6. The zero-order chi connectivity index (χ0) is 21.8. The number of carbonyl (C=O) groups is 2. The minimum atomic E-state index is -0.141. The summed E-state index contributed by atoms with van der Waals surface area (Å²) in [6.45, 7) is 4.51. The van der Waals surface area contributed by atoms with Crippen molar-refractivity contribution >= 4 is 34.5 Å². The smallest absolute Gasteiger partial charge is 0.230 e. The van der Waals surface area contributed by atoms with E-state index in [0.29, 0.717) is 18.0 Å². The third-order valence-corrected chi connectivity index (χ3v) is 5.97. The van der Waals surface area contributed by atoms with Crippen LogP contribution in [-0.2, 0) is 16.0 Å². The van der Waals surface area contributed by atoms with Crippen molar-refractivity contribution in [2.45, 2.75) is 33.1 Å². The van der Waals surface area contributed by atoms with Crippen LogP contribution < -0.4 is 15.4 Å². The Morgan fingerprint density at radius 1 is 1.13 bits per heavy atom. The Hall–Kier alpha value is -3.19. The molecule has 2 aromatic carbocycles. The zero-order valence-electron chi connectivity index (χ0n) is 17.6. The first-order valence-electron chi connectivity index (χ1n) is 10.4. The number of nitrogens with one attached hydrogen (secondary N) is 2. The van der Waals surface area contributed by atoms with E-state index in [1.54, 1.807) is 6.07 Å². The van der Waals surface area contributed by atoms with E-state index in [9.17, 15) is 9.59 Å². The molecule has 1 saturated carbocycles. The second kappa shape index (κ2) is 9.31. The first-order valence-corrected chi connectivity index (χ1v) is 11.3. The molecule has 1 aromatic heterocycles. The van der Waals surface area contributed by atoms with Crippen LogP contribution >= 0.6 is 11.3 Å². The van der Waals surface area contributed by atoms with E-state index in [1.165, 1.54) is 11.3 Å². The lowest BCUT2D eigenvalue weighted by Crippen LogP contribution is -2.17. The van der Waals surface area contributed by atoms with Gasteiger partial charge in [-0.1, -0.05) is 6.07 Å². The first-order chi connectivity index (χ1) is 15.0. The summed E-state index contributed by atoms with van der Waals surface area (Å²) in [7, 11) is 0. The van der Waals surface area contributed by atoms with Gasteiger partial charge in [0.15, 0.2) is 0 Å². The highest BCUT2D eigenvalue weighted by Crippen LogP contribution is 2.31. The third-order valence-electron chi connectivity index (χ3n) is 5.03. The number of hydrogen-bond donors (Lipinski definition) is 2. The largest absolute Gasteiger partial charge is 0.494 e. The number of thiazole rings is 1. The van der Waals surface area contributed by atoms with Gasteiger partial charge in [-0.15, -0.1) is 11.3 Å². The van der Waals surface area contributed by atoms with Gasteiger partial charge in [-0.3, -0.25) is 9.59 Å². The number of amides is 2. The molecular weight excluding hydrogens is 410 g/mol. The van der Waals surface area contributed by atoms with E-state index < -0.39 is 0 Å². The number of nitrogens with zero attached hydrogens (tertiary/aromatic N) is 1. The Morgan fingerprint density at radius 3 is 2.61 bits per heavy atom. The molecule has 0 unspecified atom stereocenters. The van der Waals surface area contributed by atoms with Crippen LogP contribution in [0.5, 0.6) is 5.75 Å². The molecule has 0 spiro atoms. The Kier molecular flexibility index (Phi) is 6.32. The van der Waals surface area contributed by atoms with E-state index in [2.05, 4.69) is 15.6 Å². The van der Waals surface area contributed by atoms with Crippen LogP contribution in [0.4, 0.5) is 11.4 Å². The average molecular weight is 436 g/mol. The maximum absolute atomic E-state index is 12.6. The number of carbonyl (C=O) groups excluding carboxylic acids is 2. The Bertz CT molecular complexity index is 1090. The molecule has 0 radical (unpaired) electrons. The fourth-order valence-corrected chi connectivity index (χ4v) is 3.99. The molecule has 1 heterocycles. The summed E-state index contributed by atoms with van der Waals surface area (Å²) in [5.74, 6) is 0.865. The zero-order valence-corrected chi connectivity index (χ0v) is 18.4. The number of aromatic nitrogens is 1. The molecule has 0 atom stereocenters. The van der Waals surface area contributed by atoms with Gasteiger partial charge in [0.2, 0.25) is 11.8 Å². The first kappa shape index (κ1) is 21.1. The molecule has 1 fully saturated rings. The molecule has 3 aromatic rings. The highest BCUT2D eigenvalue weighted by molar-refractivity contribution is 7.13. The molecular formula is C24H25N3O3S. The summed E-state index contributed by atoms with van der Waals surface area (Å²) in [6, 6.07) is 13.3. The molecule has 2 N–H and O–H groups in total. The lowest BCUT2D eigenvalue weighted by atomic mass is 10.1. The predicted octanol–water partition coefficient (Wildman–Crippen LogP) is 5.05. The SMILES string of the molecule is CCOc1ccc(-c2nc(CC(=O)Nc3cc(NC(=O)C4CC4)ccc3C)cs2)cc1. The van der Waals surface area contributed by atoms with E-state index in [0.717, 1.165) is 40.4 Å². The van der Waals surface area contributed by atoms with Gasteiger partial charge in [0.1, 0.15) is 10.8 Å². The van der Waals surface area contributed by atoms with E-state index in [1.807, 2.05) is 55.6 Å².